The van der Waals surface area contributed by atoms with Crippen molar-refractivity contribution in [1.29, 1.82) is 0 Å². The Morgan fingerprint density at radius 1 is 1.37 bits per heavy atom. The summed E-state index contributed by atoms with van der Waals surface area (Å²) in [6.07, 6.45) is 1.78. The first-order valence-electron chi connectivity index (χ1n) is 7.05. The number of nitrogens with one attached hydrogen (secondary N) is 1. The predicted molar refractivity (Wildman–Crippen MR) is 73.6 cm³/mol. The first-order chi connectivity index (χ1) is 8.95. The van der Waals surface area contributed by atoms with Crippen LogP contribution in [-0.4, -0.2) is 49.6 Å². The molecular weight excluding hydrogens is 244 g/mol. The van der Waals surface area contributed by atoms with Crippen molar-refractivity contribution >= 4 is 11.9 Å². The summed E-state index contributed by atoms with van der Waals surface area (Å²) in [6.45, 7) is 8.21. The van der Waals surface area contributed by atoms with Gasteiger partial charge in [-0.25, -0.2) is 0 Å². The lowest BCUT2D eigenvalue weighted by atomic mass is 9.97. The van der Waals surface area contributed by atoms with E-state index in [-0.39, 0.29) is 23.8 Å². The second kappa shape index (κ2) is 7.48. The van der Waals surface area contributed by atoms with Crippen LogP contribution >= 0.6 is 0 Å². The maximum absolute atomic E-state index is 12.0. The highest BCUT2D eigenvalue weighted by molar-refractivity contribution is 5.81. The zero-order chi connectivity index (χ0) is 14.4. The highest BCUT2D eigenvalue weighted by atomic mass is 16.5. The summed E-state index contributed by atoms with van der Waals surface area (Å²) in [5.74, 6) is 0.220. The lowest BCUT2D eigenvalue weighted by molar-refractivity contribution is -0.148. The Kier molecular flexibility index (Phi) is 6.28. The largest absolute Gasteiger partial charge is 0.469 e. The quantitative estimate of drug-likeness (QED) is 0.758. The number of esters is 1. The highest BCUT2D eigenvalue weighted by Gasteiger charge is 2.31. The SMILES string of the molecule is COC(=O)[C@H]1CCCN(C(C)C(=O)NCC(C)C)C1. The predicted octanol–water partition coefficient (Wildman–Crippen LogP) is 1.03. The van der Waals surface area contributed by atoms with Gasteiger partial charge in [-0.1, -0.05) is 13.8 Å². The van der Waals surface area contributed by atoms with E-state index in [0.29, 0.717) is 19.0 Å². The van der Waals surface area contributed by atoms with Crippen LogP contribution in [0.2, 0.25) is 0 Å². The summed E-state index contributed by atoms with van der Waals surface area (Å²) in [4.78, 5) is 25.7. The minimum absolute atomic E-state index is 0.0409. The smallest absolute Gasteiger partial charge is 0.309 e. The van der Waals surface area contributed by atoms with Crippen molar-refractivity contribution in [3.05, 3.63) is 0 Å². The van der Waals surface area contributed by atoms with Crippen LogP contribution in [0.3, 0.4) is 0 Å². The number of carbonyl (C=O) groups is 2. The number of amides is 1. The molecule has 1 aliphatic heterocycles. The second-order valence-corrected chi connectivity index (χ2v) is 5.67. The van der Waals surface area contributed by atoms with E-state index in [1.54, 1.807) is 0 Å². The van der Waals surface area contributed by atoms with E-state index in [1.165, 1.54) is 7.11 Å². The molecule has 19 heavy (non-hydrogen) atoms. The molecule has 1 unspecified atom stereocenters. The number of piperidine rings is 1. The summed E-state index contributed by atoms with van der Waals surface area (Å²) in [5, 5.41) is 2.94. The molecule has 0 aromatic heterocycles. The van der Waals surface area contributed by atoms with Crippen molar-refractivity contribution in [2.75, 3.05) is 26.7 Å². The molecule has 0 aromatic rings. The second-order valence-electron chi connectivity index (χ2n) is 5.67. The van der Waals surface area contributed by atoms with E-state index in [2.05, 4.69) is 24.1 Å². The van der Waals surface area contributed by atoms with Crippen LogP contribution in [0.25, 0.3) is 0 Å². The van der Waals surface area contributed by atoms with Gasteiger partial charge in [0.05, 0.1) is 19.1 Å². The van der Waals surface area contributed by atoms with Gasteiger partial charge in [0.25, 0.3) is 0 Å². The Labute approximate surface area is 115 Å². The van der Waals surface area contributed by atoms with Gasteiger partial charge >= 0.3 is 5.97 Å². The summed E-state index contributed by atoms with van der Waals surface area (Å²) in [6, 6.07) is -0.189. The summed E-state index contributed by atoms with van der Waals surface area (Å²) < 4.78 is 4.79. The fraction of sp³-hybridized carbons (Fsp3) is 0.857. The monoisotopic (exact) mass is 270 g/mol. The molecule has 1 N–H and O–H groups in total. The van der Waals surface area contributed by atoms with E-state index in [1.807, 2.05) is 6.92 Å². The third-order valence-electron chi connectivity index (χ3n) is 3.60. The maximum atomic E-state index is 12.0. The van der Waals surface area contributed by atoms with Crippen molar-refractivity contribution in [2.24, 2.45) is 11.8 Å². The number of ether oxygens (including phenoxy) is 1. The van der Waals surface area contributed by atoms with Gasteiger partial charge in [-0.2, -0.15) is 0 Å². The molecule has 1 heterocycles. The molecule has 1 rings (SSSR count). The van der Waals surface area contributed by atoms with Crippen molar-refractivity contribution in [1.82, 2.24) is 10.2 Å². The first-order valence-corrected chi connectivity index (χ1v) is 7.05. The molecule has 0 radical (unpaired) electrons. The molecule has 5 nitrogen and oxygen atoms in total. The molecule has 0 aromatic carbocycles. The van der Waals surface area contributed by atoms with Gasteiger partial charge in [-0.05, 0) is 32.2 Å². The first kappa shape index (κ1) is 16.0. The van der Waals surface area contributed by atoms with Crippen LogP contribution < -0.4 is 5.32 Å². The standard InChI is InChI=1S/C14H26N2O3/c1-10(2)8-15-13(17)11(3)16-7-5-6-12(9-16)14(18)19-4/h10-12H,5-9H2,1-4H3,(H,15,17)/t11?,12-/m0/s1. The number of likely N-dealkylation sites (tertiary alicyclic amines) is 1. The molecule has 2 atom stereocenters. The van der Waals surface area contributed by atoms with Crippen LogP contribution in [0.5, 0.6) is 0 Å². The third-order valence-corrected chi connectivity index (χ3v) is 3.60. The molecule has 0 bridgehead atoms. The van der Waals surface area contributed by atoms with Gasteiger partial charge < -0.3 is 10.1 Å². The number of nitrogens with zero attached hydrogens (tertiary/aromatic N) is 1. The van der Waals surface area contributed by atoms with Crippen LogP contribution in [-0.2, 0) is 14.3 Å². The van der Waals surface area contributed by atoms with Gasteiger partial charge in [-0.15, -0.1) is 0 Å². The average Bonchev–Trinajstić information content (AvgIpc) is 2.43. The van der Waals surface area contributed by atoms with E-state index < -0.39 is 0 Å². The topological polar surface area (TPSA) is 58.6 Å². The third kappa shape index (κ3) is 4.82. The summed E-state index contributed by atoms with van der Waals surface area (Å²) in [5.41, 5.74) is 0. The highest BCUT2D eigenvalue weighted by Crippen LogP contribution is 2.19. The number of methoxy groups -OCH3 is 1. The number of hydrogen-bond acceptors (Lipinski definition) is 4. The number of hydrogen-bond donors (Lipinski definition) is 1. The fourth-order valence-electron chi connectivity index (χ4n) is 2.34. The molecule has 0 saturated carbocycles. The molecule has 1 aliphatic rings. The van der Waals surface area contributed by atoms with Crippen LogP contribution in [0.1, 0.15) is 33.6 Å². The van der Waals surface area contributed by atoms with Crippen molar-refractivity contribution < 1.29 is 14.3 Å². The van der Waals surface area contributed by atoms with E-state index in [0.717, 1.165) is 19.4 Å². The lowest BCUT2D eigenvalue weighted by Gasteiger charge is -2.35. The van der Waals surface area contributed by atoms with Crippen LogP contribution in [0.4, 0.5) is 0 Å². The fourth-order valence-corrected chi connectivity index (χ4v) is 2.34. The lowest BCUT2D eigenvalue weighted by Crippen LogP contribution is -2.50. The molecule has 0 spiro atoms. The Bertz CT molecular complexity index is 318. The molecule has 1 saturated heterocycles. The van der Waals surface area contributed by atoms with Crippen molar-refractivity contribution in [3.8, 4) is 0 Å². The minimum atomic E-state index is -0.189. The molecule has 110 valence electrons. The Morgan fingerprint density at radius 3 is 2.63 bits per heavy atom. The Morgan fingerprint density at radius 2 is 2.05 bits per heavy atom. The maximum Gasteiger partial charge on any atom is 0.309 e. The molecular formula is C14H26N2O3. The van der Waals surface area contributed by atoms with Gasteiger partial charge in [0, 0.05) is 13.1 Å². The molecule has 5 heteroatoms. The zero-order valence-electron chi connectivity index (χ0n) is 12.4. The van der Waals surface area contributed by atoms with Crippen LogP contribution in [0, 0.1) is 11.8 Å². The van der Waals surface area contributed by atoms with E-state index in [9.17, 15) is 9.59 Å². The summed E-state index contributed by atoms with van der Waals surface area (Å²) in [7, 11) is 1.42. The number of rotatable bonds is 5. The van der Waals surface area contributed by atoms with E-state index in [4.69, 9.17) is 4.74 Å². The average molecular weight is 270 g/mol. The molecule has 0 aliphatic carbocycles. The van der Waals surface area contributed by atoms with Gasteiger partial charge in [0.1, 0.15) is 0 Å². The van der Waals surface area contributed by atoms with E-state index >= 15 is 0 Å². The zero-order valence-corrected chi connectivity index (χ0v) is 12.4. The number of carbonyl (C=O) groups excluding carboxylic acids is 2. The van der Waals surface area contributed by atoms with Crippen molar-refractivity contribution in [2.45, 2.75) is 39.7 Å². The van der Waals surface area contributed by atoms with Gasteiger partial charge in [0.15, 0.2) is 0 Å². The normalized spacial score (nSPS) is 22.1. The molecule has 1 amide bonds. The minimum Gasteiger partial charge on any atom is -0.469 e. The summed E-state index contributed by atoms with van der Waals surface area (Å²) >= 11 is 0. The van der Waals surface area contributed by atoms with Crippen LogP contribution in [0.15, 0.2) is 0 Å². The molecule has 1 fully saturated rings. The van der Waals surface area contributed by atoms with Gasteiger partial charge in [-0.3, -0.25) is 14.5 Å². The van der Waals surface area contributed by atoms with Gasteiger partial charge in [0.2, 0.25) is 5.91 Å². The van der Waals surface area contributed by atoms with Crippen molar-refractivity contribution in [3.63, 3.8) is 0 Å². The Balaban J connectivity index is 2.49. The Hall–Kier alpha value is -1.10.